The van der Waals surface area contributed by atoms with E-state index in [-0.39, 0.29) is 0 Å². The van der Waals surface area contributed by atoms with Gasteiger partial charge in [0.05, 0.1) is 6.61 Å². The molecule has 0 spiro atoms. The molecule has 0 heterocycles. The Balaban J connectivity index is 1.98. The molecule has 0 saturated heterocycles. The second-order valence-electron chi connectivity index (χ2n) is 5.43. The predicted molar refractivity (Wildman–Crippen MR) is 83.9 cm³/mol. The average Bonchev–Trinajstić information content (AvgIpc) is 3.31. The maximum Gasteiger partial charge on any atom is 0.0593 e. The van der Waals surface area contributed by atoms with Crippen molar-refractivity contribution in [2.75, 3.05) is 32.8 Å². The van der Waals surface area contributed by atoms with Gasteiger partial charge >= 0.3 is 0 Å². The number of hydrogen-bond donors (Lipinski definition) is 1. The summed E-state index contributed by atoms with van der Waals surface area (Å²) < 4.78 is 5.53. The van der Waals surface area contributed by atoms with E-state index < -0.39 is 0 Å². The van der Waals surface area contributed by atoms with Gasteiger partial charge in [-0.05, 0) is 31.9 Å². The van der Waals surface area contributed by atoms with E-state index in [1.165, 1.54) is 18.4 Å². The van der Waals surface area contributed by atoms with E-state index in [2.05, 4.69) is 54.4 Å². The molecule has 1 saturated carbocycles. The van der Waals surface area contributed by atoms with Crippen molar-refractivity contribution in [1.29, 1.82) is 0 Å². The van der Waals surface area contributed by atoms with Crippen molar-refractivity contribution in [2.45, 2.75) is 38.8 Å². The highest BCUT2D eigenvalue weighted by molar-refractivity contribution is 5.19. The fourth-order valence-electron chi connectivity index (χ4n) is 2.56. The SMILES string of the molecule is CCOCCN(CC)C(CNC1CC1)c1ccccc1. The highest BCUT2D eigenvalue weighted by Crippen LogP contribution is 2.23. The summed E-state index contributed by atoms with van der Waals surface area (Å²) in [6.45, 7) is 8.99. The van der Waals surface area contributed by atoms with Crippen molar-refractivity contribution < 1.29 is 4.74 Å². The number of benzene rings is 1. The molecule has 1 unspecified atom stereocenters. The molecule has 1 aliphatic carbocycles. The molecule has 1 aliphatic rings. The zero-order valence-electron chi connectivity index (χ0n) is 12.8. The lowest BCUT2D eigenvalue weighted by atomic mass is 10.1. The lowest BCUT2D eigenvalue weighted by Crippen LogP contribution is -2.38. The molecule has 0 radical (unpaired) electrons. The minimum absolute atomic E-state index is 0.447. The van der Waals surface area contributed by atoms with Crippen molar-refractivity contribution in [3.63, 3.8) is 0 Å². The molecule has 1 fully saturated rings. The smallest absolute Gasteiger partial charge is 0.0593 e. The Hall–Kier alpha value is -0.900. The van der Waals surface area contributed by atoms with Gasteiger partial charge in [0.25, 0.3) is 0 Å². The van der Waals surface area contributed by atoms with Crippen LogP contribution >= 0.6 is 0 Å². The number of nitrogens with zero attached hydrogens (tertiary/aromatic N) is 1. The first kappa shape index (κ1) is 15.5. The lowest BCUT2D eigenvalue weighted by molar-refractivity contribution is 0.0958. The van der Waals surface area contributed by atoms with Gasteiger partial charge in [0.15, 0.2) is 0 Å². The van der Waals surface area contributed by atoms with Crippen molar-refractivity contribution in [3.8, 4) is 0 Å². The van der Waals surface area contributed by atoms with Crippen molar-refractivity contribution in [1.82, 2.24) is 10.2 Å². The Morgan fingerprint density at radius 3 is 2.60 bits per heavy atom. The maximum atomic E-state index is 5.53. The largest absolute Gasteiger partial charge is 0.380 e. The molecule has 0 aromatic heterocycles. The van der Waals surface area contributed by atoms with Gasteiger partial charge in [0.2, 0.25) is 0 Å². The van der Waals surface area contributed by atoms with E-state index in [1.807, 2.05) is 0 Å². The van der Waals surface area contributed by atoms with E-state index in [0.717, 1.165) is 38.9 Å². The van der Waals surface area contributed by atoms with Crippen LogP contribution in [0.1, 0.15) is 38.3 Å². The highest BCUT2D eigenvalue weighted by Gasteiger charge is 2.24. The van der Waals surface area contributed by atoms with Gasteiger partial charge in [-0.1, -0.05) is 37.3 Å². The van der Waals surface area contributed by atoms with Crippen LogP contribution in [0.4, 0.5) is 0 Å². The molecule has 0 amide bonds. The topological polar surface area (TPSA) is 24.5 Å². The zero-order chi connectivity index (χ0) is 14.2. The third-order valence-electron chi connectivity index (χ3n) is 3.94. The van der Waals surface area contributed by atoms with Crippen LogP contribution in [0.3, 0.4) is 0 Å². The van der Waals surface area contributed by atoms with Crippen LogP contribution in [-0.4, -0.2) is 43.8 Å². The molecule has 0 bridgehead atoms. The summed E-state index contributed by atoms with van der Waals surface area (Å²) in [5.74, 6) is 0. The molecule has 0 aliphatic heterocycles. The molecule has 112 valence electrons. The van der Waals surface area contributed by atoms with Gasteiger partial charge in [0, 0.05) is 31.8 Å². The van der Waals surface area contributed by atoms with Gasteiger partial charge in [-0.2, -0.15) is 0 Å². The quantitative estimate of drug-likeness (QED) is 0.665. The minimum atomic E-state index is 0.447. The lowest BCUT2D eigenvalue weighted by Gasteiger charge is -2.31. The Bertz CT molecular complexity index is 365. The van der Waals surface area contributed by atoms with E-state index in [0.29, 0.717) is 6.04 Å². The van der Waals surface area contributed by atoms with E-state index in [1.54, 1.807) is 0 Å². The molecule has 1 aromatic carbocycles. The predicted octanol–water partition coefficient (Wildman–Crippen LogP) is 2.84. The minimum Gasteiger partial charge on any atom is -0.380 e. The fourth-order valence-corrected chi connectivity index (χ4v) is 2.56. The first-order chi connectivity index (χ1) is 9.85. The second kappa shape index (κ2) is 8.40. The van der Waals surface area contributed by atoms with Crippen LogP contribution in [0, 0.1) is 0 Å². The number of nitrogens with one attached hydrogen (secondary N) is 1. The van der Waals surface area contributed by atoms with Crippen LogP contribution in [0.5, 0.6) is 0 Å². The molecule has 1 atom stereocenters. The molecular weight excluding hydrogens is 248 g/mol. The molecule has 20 heavy (non-hydrogen) atoms. The summed E-state index contributed by atoms with van der Waals surface area (Å²) in [5, 5.41) is 3.68. The fraction of sp³-hybridized carbons (Fsp3) is 0.647. The first-order valence-corrected chi connectivity index (χ1v) is 7.95. The van der Waals surface area contributed by atoms with Gasteiger partial charge in [-0.3, -0.25) is 4.90 Å². The van der Waals surface area contributed by atoms with E-state index in [4.69, 9.17) is 4.74 Å². The Labute approximate surface area is 123 Å². The molecule has 1 aromatic rings. The Kier molecular flexibility index (Phi) is 6.51. The summed E-state index contributed by atoms with van der Waals surface area (Å²) in [6, 6.07) is 12.0. The van der Waals surface area contributed by atoms with Crippen molar-refractivity contribution in [2.24, 2.45) is 0 Å². The molecule has 2 rings (SSSR count). The summed E-state index contributed by atoms with van der Waals surface area (Å²) >= 11 is 0. The van der Waals surface area contributed by atoms with Crippen LogP contribution in [0.15, 0.2) is 30.3 Å². The summed E-state index contributed by atoms with van der Waals surface area (Å²) in [6.07, 6.45) is 2.68. The number of likely N-dealkylation sites (N-methyl/N-ethyl adjacent to an activating group) is 1. The normalized spacial score (nSPS) is 16.6. The molecule has 3 nitrogen and oxygen atoms in total. The van der Waals surface area contributed by atoms with Crippen LogP contribution in [-0.2, 0) is 4.74 Å². The number of rotatable bonds is 10. The number of hydrogen-bond acceptors (Lipinski definition) is 3. The standard InChI is InChI=1S/C17H28N2O/c1-3-19(12-13-20-4-2)17(14-18-16-10-11-16)15-8-6-5-7-9-15/h5-9,16-18H,3-4,10-14H2,1-2H3. The van der Waals surface area contributed by atoms with E-state index in [9.17, 15) is 0 Å². The van der Waals surface area contributed by atoms with Gasteiger partial charge < -0.3 is 10.1 Å². The van der Waals surface area contributed by atoms with E-state index >= 15 is 0 Å². The summed E-state index contributed by atoms with van der Waals surface area (Å²) in [5.41, 5.74) is 1.40. The van der Waals surface area contributed by atoms with Gasteiger partial charge in [0.1, 0.15) is 0 Å². The maximum absolute atomic E-state index is 5.53. The van der Waals surface area contributed by atoms with Gasteiger partial charge in [-0.25, -0.2) is 0 Å². The average molecular weight is 276 g/mol. The van der Waals surface area contributed by atoms with Crippen LogP contribution in [0.2, 0.25) is 0 Å². The van der Waals surface area contributed by atoms with Gasteiger partial charge in [-0.15, -0.1) is 0 Å². The summed E-state index contributed by atoms with van der Waals surface area (Å²) in [4.78, 5) is 2.51. The highest BCUT2D eigenvalue weighted by atomic mass is 16.5. The Morgan fingerprint density at radius 1 is 1.25 bits per heavy atom. The van der Waals surface area contributed by atoms with Crippen molar-refractivity contribution >= 4 is 0 Å². The first-order valence-electron chi connectivity index (χ1n) is 7.95. The monoisotopic (exact) mass is 276 g/mol. The molecule has 1 N–H and O–H groups in total. The molecular formula is C17H28N2O. The second-order valence-corrected chi connectivity index (χ2v) is 5.43. The zero-order valence-corrected chi connectivity index (χ0v) is 12.8. The third kappa shape index (κ3) is 4.89. The summed E-state index contributed by atoms with van der Waals surface area (Å²) in [7, 11) is 0. The Morgan fingerprint density at radius 2 is 2.00 bits per heavy atom. The number of ether oxygens (including phenoxy) is 1. The molecule has 3 heteroatoms. The van der Waals surface area contributed by atoms with Crippen molar-refractivity contribution in [3.05, 3.63) is 35.9 Å². The van der Waals surface area contributed by atoms with Crippen LogP contribution in [0.25, 0.3) is 0 Å². The third-order valence-corrected chi connectivity index (χ3v) is 3.94. The van der Waals surface area contributed by atoms with Crippen LogP contribution < -0.4 is 5.32 Å².